The van der Waals surface area contributed by atoms with Crippen LogP contribution in [-0.4, -0.2) is 15.0 Å². The van der Waals surface area contributed by atoms with E-state index in [4.69, 9.17) is 15.0 Å². The molecule has 1 heterocycles. The van der Waals surface area contributed by atoms with Gasteiger partial charge in [-0.25, -0.2) is 15.0 Å². The highest BCUT2D eigenvalue weighted by Crippen LogP contribution is 2.58. The highest BCUT2D eigenvalue weighted by Gasteiger charge is 2.31. The third-order valence-electron chi connectivity index (χ3n) is 11.2. The number of hydrogen-bond donors (Lipinski definition) is 0. The van der Waals surface area contributed by atoms with Gasteiger partial charge in [-0.2, -0.15) is 0 Å². The van der Waals surface area contributed by atoms with Crippen molar-refractivity contribution in [2.75, 3.05) is 0 Å². The van der Waals surface area contributed by atoms with Gasteiger partial charge in [-0.15, -0.1) is 0 Å². The van der Waals surface area contributed by atoms with Gasteiger partial charge in [0.05, 0.1) is 0 Å². The fourth-order valence-corrected chi connectivity index (χ4v) is 8.86. The summed E-state index contributed by atoms with van der Waals surface area (Å²) in [5.74, 6) is 2.07. The first-order valence-electron chi connectivity index (χ1n) is 18.6. The predicted molar refractivity (Wildman–Crippen MR) is 225 cm³/mol. The number of aryl methyl sites for hydroxylation is 4. The molecule has 54 heavy (non-hydrogen) atoms. The smallest absolute Gasteiger partial charge is 0.164 e. The Morgan fingerprint density at radius 1 is 0.278 bits per heavy atom. The fraction of sp³-hybridized carbons (Fsp3) is 0.0784. The Morgan fingerprint density at radius 3 is 1.17 bits per heavy atom. The van der Waals surface area contributed by atoms with E-state index in [0.717, 1.165) is 44.3 Å². The summed E-state index contributed by atoms with van der Waals surface area (Å²) < 4.78 is 0. The van der Waals surface area contributed by atoms with E-state index in [1.807, 2.05) is 0 Å². The van der Waals surface area contributed by atoms with Crippen molar-refractivity contribution in [1.82, 2.24) is 15.0 Å². The number of nitrogens with zero attached hydrogens (tertiary/aromatic N) is 3. The second kappa shape index (κ2) is 12.5. The standard InChI is InChI=1S/C51H37N3/c1-30-16-13-17-31(2)42(30)50-52-49(53-51(54-50)43-32(3)18-14-19-33(43)4)39-28-29-41-46-38(39)26-15-27-40(46)47-44(34-20-7-5-8-21-34)36-24-11-12-25-37(36)45(48(41)47)35-22-9-6-10-23-35/h5-29H,1-4H3. The zero-order valence-corrected chi connectivity index (χ0v) is 30.8. The fourth-order valence-electron chi connectivity index (χ4n) is 8.86. The topological polar surface area (TPSA) is 38.7 Å². The molecule has 0 saturated carbocycles. The molecule has 0 saturated heterocycles. The maximum Gasteiger partial charge on any atom is 0.164 e. The van der Waals surface area contributed by atoms with Crippen molar-refractivity contribution in [3.05, 3.63) is 174 Å². The minimum Gasteiger partial charge on any atom is -0.208 e. The lowest BCUT2D eigenvalue weighted by molar-refractivity contribution is 1.06. The molecule has 1 aliphatic rings. The summed E-state index contributed by atoms with van der Waals surface area (Å²) in [6, 6.07) is 54.7. The third kappa shape index (κ3) is 4.85. The van der Waals surface area contributed by atoms with Crippen molar-refractivity contribution in [2.45, 2.75) is 27.7 Å². The van der Waals surface area contributed by atoms with Crippen LogP contribution in [0.4, 0.5) is 0 Å². The summed E-state index contributed by atoms with van der Waals surface area (Å²) >= 11 is 0. The van der Waals surface area contributed by atoms with E-state index in [2.05, 4.69) is 179 Å². The van der Waals surface area contributed by atoms with E-state index in [1.165, 1.54) is 60.7 Å². The highest BCUT2D eigenvalue weighted by molar-refractivity contribution is 6.28. The second-order valence-electron chi connectivity index (χ2n) is 14.5. The molecule has 0 aliphatic heterocycles. The molecule has 0 atom stereocenters. The van der Waals surface area contributed by atoms with Crippen molar-refractivity contribution in [3.63, 3.8) is 0 Å². The predicted octanol–water partition coefficient (Wildman–Crippen LogP) is 13.4. The summed E-state index contributed by atoms with van der Waals surface area (Å²) in [5.41, 5.74) is 17.7. The Morgan fingerprint density at radius 2 is 0.667 bits per heavy atom. The number of rotatable bonds is 5. The molecule has 0 amide bonds. The summed E-state index contributed by atoms with van der Waals surface area (Å²) in [5, 5.41) is 4.87. The zero-order chi connectivity index (χ0) is 36.5. The first kappa shape index (κ1) is 32.0. The Labute approximate surface area is 315 Å². The molecule has 0 fully saturated rings. The Balaban J connectivity index is 1.31. The van der Waals surface area contributed by atoms with Gasteiger partial charge in [0, 0.05) is 16.7 Å². The third-order valence-corrected chi connectivity index (χ3v) is 11.2. The first-order chi connectivity index (χ1) is 26.5. The van der Waals surface area contributed by atoms with Crippen LogP contribution < -0.4 is 0 Å². The van der Waals surface area contributed by atoms with Gasteiger partial charge in [-0.05, 0) is 122 Å². The summed E-state index contributed by atoms with van der Waals surface area (Å²) in [7, 11) is 0. The Hall–Kier alpha value is -6.71. The minimum atomic E-state index is 0.677. The lowest BCUT2D eigenvalue weighted by Crippen LogP contribution is -2.04. The van der Waals surface area contributed by atoms with E-state index >= 15 is 0 Å². The number of benzene rings is 8. The van der Waals surface area contributed by atoms with Crippen LogP contribution in [0.15, 0.2) is 152 Å². The molecule has 8 aromatic carbocycles. The number of aromatic nitrogens is 3. The number of fused-ring (bicyclic) bond motifs is 4. The summed E-state index contributed by atoms with van der Waals surface area (Å²) in [4.78, 5) is 15.8. The molecule has 1 aromatic heterocycles. The minimum absolute atomic E-state index is 0.677. The monoisotopic (exact) mass is 691 g/mol. The molecule has 3 nitrogen and oxygen atoms in total. The van der Waals surface area contributed by atoms with Crippen LogP contribution in [0.25, 0.3) is 100 Å². The van der Waals surface area contributed by atoms with Crippen LogP contribution in [-0.2, 0) is 0 Å². The van der Waals surface area contributed by atoms with E-state index < -0.39 is 0 Å². The normalized spacial score (nSPS) is 11.7. The van der Waals surface area contributed by atoms with Crippen LogP contribution in [0.2, 0.25) is 0 Å². The van der Waals surface area contributed by atoms with Crippen LogP contribution in [0.3, 0.4) is 0 Å². The van der Waals surface area contributed by atoms with Gasteiger partial charge in [-0.1, -0.05) is 146 Å². The lowest BCUT2D eigenvalue weighted by Gasteiger charge is -2.20. The maximum absolute atomic E-state index is 5.31. The van der Waals surface area contributed by atoms with Gasteiger partial charge in [0.1, 0.15) is 0 Å². The van der Waals surface area contributed by atoms with E-state index in [1.54, 1.807) is 0 Å². The molecular weight excluding hydrogens is 655 g/mol. The molecule has 10 rings (SSSR count). The molecule has 1 aliphatic carbocycles. The molecule has 0 unspecified atom stereocenters. The van der Waals surface area contributed by atoms with Crippen molar-refractivity contribution in [1.29, 1.82) is 0 Å². The molecular formula is C51H37N3. The van der Waals surface area contributed by atoms with Gasteiger partial charge in [0.25, 0.3) is 0 Å². The first-order valence-corrected chi connectivity index (χ1v) is 18.6. The highest BCUT2D eigenvalue weighted by atomic mass is 15.0. The molecule has 0 radical (unpaired) electrons. The molecule has 0 spiro atoms. The molecule has 256 valence electrons. The van der Waals surface area contributed by atoms with Gasteiger partial charge in [-0.3, -0.25) is 0 Å². The molecule has 3 heteroatoms. The van der Waals surface area contributed by atoms with Gasteiger partial charge in [0.2, 0.25) is 0 Å². The molecule has 0 bridgehead atoms. The van der Waals surface area contributed by atoms with Crippen LogP contribution in [0.5, 0.6) is 0 Å². The van der Waals surface area contributed by atoms with E-state index in [9.17, 15) is 0 Å². The van der Waals surface area contributed by atoms with Gasteiger partial charge >= 0.3 is 0 Å². The largest absolute Gasteiger partial charge is 0.208 e. The second-order valence-corrected chi connectivity index (χ2v) is 14.5. The molecule has 9 aromatic rings. The van der Waals surface area contributed by atoms with Crippen molar-refractivity contribution in [2.24, 2.45) is 0 Å². The van der Waals surface area contributed by atoms with Crippen molar-refractivity contribution >= 4 is 21.5 Å². The summed E-state index contributed by atoms with van der Waals surface area (Å²) in [6.07, 6.45) is 0. The van der Waals surface area contributed by atoms with Crippen LogP contribution in [0.1, 0.15) is 22.3 Å². The van der Waals surface area contributed by atoms with Crippen molar-refractivity contribution in [3.8, 4) is 78.7 Å². The van der Waals surface area contributed by atoms with Crippen LogP contribution in [0, 0.1) is 27.7 Å². The van der Waals surface area contributed by atoms with Gasteiger partial charge in [0.15, 0.2) is 17.5 Å². The van der Waals surface area contributed by atoms with Crippen molar-refractivity contribution < 1.29 is 0 Å². The average molecular weight is 692 g/mol. The summed E-state index contributed by atoms with van der Waals surface area (Å²) in [6.45, 7) is 8.55. The molecule has 0 N–H and O–H groups in total. The van der Waals surface area contributed by atoms with E-state index in [0.29, 0.717) is 17.5 Å². The average Bonchev–Trinajstić information content (AvgIpc) is 3.52. The Bertz CT molecular complexity index is 2760. The number of hydrogen-bond acceptors (Lipinski definition) is 3. The lowest BCUT2D eigenvalue weighted by atomic mass is 9.82. The maximum atomic E-state index is 5.31. The van der Waals surface area contributed by atoms with E-state index in [-0.39, 0.29) is 0 Å². The van der Waals surface area contributed by atoms with Gasteiger partial charge < -0.3 is 0 Å². The SMILES string of the molecule is Cc1cccc(C)c1-c1nc(-c2c(C)cccc2C)nc(-c2ccc3c4c(cccc24)-c2c-3c(-c3ccccc3)c3ccccc3c2-c2ccccc2)n1. The zero-order valence-electron chi connectivity index (χ0n) is 30.8. The quantitative estimate of drug-likeness (QED) is 0.180. The Kier molecular flexibility index (Phi) is 7.38. The van der Waals surface area contributed by atoms with Crippen LogP contribution >= 0.6 is 0 Å².